The third kappa shape index (κ3) is 4.20. The Morgan fingerprint density at radius 3 is 2.87 bits per heavy atom. The Labute approximate surface area is 142 Å². The summed E-state index contributed by atoms with van der Waals surface area (Å²) in [4.78, 5) is 14.3. The lowest BCUT2D eigenvalue weighted by Crippen LogP contribution is -2.34. The van der Waals surface area contributed by atoms with Gasteiger partial charge in [-0.3, -0.25) is 4.79 Å². The van der Waals surface area contributed by atoms with Crippen LogP contribution in [0.15, 0.2) is 28.6 Å². The summed E-state index contributed by atoms with van der Waals surface area (Å²) in [6.45, 7) is 0.328. The summed E-state index contributed by atoms with van der Waals surface area (Å²) in [5.74, 6) is 0.0480. The topological polar surface area (TPSA) is 58.1 Å². The van der Waals surface area contributed by atoms with Gasteiger partial charge in [-0.2, -0.15) is 0 Å². The SMILES string of the molecule is CNc1nnc(SCC(=O)N(Cc2ccccc2F)C2CC2)s1. The van der Waals surface area contributed by atoms with E-state index in [1.54, 1.807) is 30.1 Å². The highest BCUT2D eigenvalue weighted by Gasteiger charge is 2.32. The van der Waals surface area contributed by atoms with Crippen LogP contribution in [0.1, 0.15) is 18.4 Å². The van der Waals surface area contributed by atoms with Crippen molar-refractivity contribution in [3.63, 3.8) is 0 Å². The highest BCUT2D eigenvalue weighted by Crippen LogP contribution is 2.31. The molecule has 0 atom stereocenters. The summed E-state index contributed by atoms with van der Waals surface area (Å²) >= 11 is 2.79. The Morgan fingerprint density at radius 1 is 1.43 bits per heavy atom. The number of thioether (sulfide) groups is 1. The molecule has 0 bridgehead atoms. The number of halogens is 1. The molecule has 1 N–H and O–H groups in total. The number of nitrogens with one attached hydrogen (secondary N) is 1. The maximum absolute atomic E-state index is 13.8. The van der Waals surface area contributed by atoms with Gasteiger partial charge in [0.05, 0.1) is 5.75 Å². The average molecular weight is 352 g/mol. The molecule has 3 rings (SSSR count). The summed E-state index contributed by atoms with van der Waals surface area (Å²) in [5.41, 5.74) is 0.561. The molecule has 1 heterocycles. The molecule has 8 heteroatoms. The van der Waals surface area contributed by atoms with E-state index in [1.165, 1.54) is 29.2 Å². The Kier molecular flexibility index (Phi) is 5.12. The standard InChI is InChI=1S/C15H17FN4OS2/c1-17-14-18-19-15(23-14)22-9-13(21)20(11-6-7-11)8-10-4-2-3-5-12(10)16/h2-5,11H,6-9H2,1H3,(H,17,18). The fourth-order valence-corrected chi connectivity index (χ4v) is 3.78. The van der Waals surface area contributed by atoms with E-state index in [0.29, 0.717) is 17.9 Å². The van der Waals surface area contributed by atoms with Crippen molar-refractivity contribution < 1.29 is 9.18 Å². The van der Waals surface area contributed by atoms with E-state index in [0.717, 1.165) is 22.3 Å². The Balaban J connectivity index is 1.61. The first kappa shape index (κ1) is 16.2. The third-order valence-corrected chi connectivity index (χ3v) is 5.60. The number of nitrogens with zero attached hydrogens (tertiary/aromatic N) is 3. The van der Waals surface area contributed by atoms with E-state index in [4.69, 9.17) is 0 Å². The van der Waals surface area contributed by atoms with Crippen LogP contribution < -0.4 is 5.32 Å². The zero-order valence-electron chi connectivity index (χ0n) is 12.7. The predicted molar refractivity (Wildman–Crippen MR) is 90.2 cm³/mol. The molecule has 1 amide bonds. The molecule has 1 fully saturated rings. The molecule has 0 spiro atoms. The van der Waals surface area contributed by atoms with Gasteiger partial charge >= 0.3 is 0 Å². The second-order valence-corrected chi connectivity index (χ2v) is 7.46. The molecule has 23 heavy (non-hydrogen) atoms. The molecule has 0 unspecified atom stereocenters. The van der Waals surface area contributed by atoms with Crippen molar-refractivity contribution in [1.82, 2.24) is 15.1 Å². The van der Waals surface area contributed by atoms with Gasteiger partial charge in [-0.15, -0.1) is 10.2 Å². The first-order valence-corrected chi connectivity index (χ1v) is 9.14. The minimum Gasteiger partial charge on any atom is -0.363 e. The first-order chi connectivity index (χ1) is 11.2. The van der Waals surface area contributed by atoms with E-state index < -0.39 is 0 Å². The summed E-state index contributed by atoms with van der Waals surface area (Å²) in [5, 5.41) is 11.6. The predicted octanol–water partition coefficient (Wildman–Crippen LogP) is 3.00. The van der Waals surface area contributed by atoms with Gasteiger partial charge in [0.2, 0.25) is 11.0 Å². The van der Waals surface area contributed by atoms with Gasteiger partial charge < -0.3 is 10.2 Å². The Bertz CT molecular complexity index is 690. The quantitative estimate of drug-likeness (QED) is 0.776. The van der Waals surface area contributed by atoms with Gasteiger partial charge in [0.1, 0.15) is 5.82 Å². The number of benzene rings is 1. The van der Waals surface area contributed by atoms with Crippen LogP contribution in [0.3, 0.4) is 0 Å². The third-order valence-electron chi connectivity index (χ3n) is 3.55. The minimum absolute atomic E-state index is 0.0157. The first-order valence-electron chi connectivity index (χ1n) is 7.34. The molecule has 0 saturated heterocycles. The molecule has 0 aliphatic heterocycles. The van der Waals surface area contributed by atoms with Crippen LogP contribution in [0.25, 0.3) is 0 Å². The van der Waals surface area contributed by atoms with Crippen LogP contribution >= 0.6 is 23.1 Å². The van der Waals surface area contributed by atoms with Crippen molar-refractivity contribution >= 4 is 34.1 Å². The van der Waals surface area contributed by atoms with Crippen molar-refractivity contribution in [1.29, 1.82) is 0 Å². The number of hydrogen-bond donors (Lipinski definition) is 1. The van der Waals surface area contributed by atoms with Crippen LogP contribution in [0.5, 0.6) is 0 Å². The lowest BCUT2D eigenvalue weighted by atomic mass is 10.2. The molecule has 0 radical (unpaired) electrons. The summed E-state index contributed by atoms with van der Waals surface area (Å²) < 4.78 is 14.6. The highest BCUT2D eigenvalue weighted by molar-refractivity contribution is 8.01. The largest absolute Gasteiger partial charge is 0.363 e. The number of carbonyl (C=O) groups excluding carboxylic acids is 1. The fraction of sp³-hybridized carbons (Fsp3) is 0.400. The molecule has 1 aliphatic rings. The van der Waals surface area contributed by atoms with Gasteiger partial charge in [0.25, 0.3) is 0 Å². The van der Waals surface area contributed by atoms with E-state index in [1.807, 2.05) is 0 Å². The fourth-order valence-electron chi connectivity index (χ4n) is 2.19. The number of hydrogen-bond acceptors (Lipinski definition) is 6. The van der Waals surface area contributed by atoms with E-state index in [-0.39, 0.29) is 17.8 Å². The second kappa shape index (κ2) is 7.27. The maximum atomic E-state index is 13.8. The summed E-state index contributed by atoms with van der Waals surface area (Å²) in [7, 11) is 1.78. The summed E-state index contributed by atoms with van der Waals surface area (Å²) in [6.07, 6.45) is 1.99. The lowest BCUT2D eigenvalue weighted by molar-refractivity contribution is -0.129. The van der Waals surface area contributed by atoms with Crippen LogP contribution in [0.2, 0.25) is 0 Å². The van der Waals surface area contributed by atoms with Gasteiger partial charge in [-0.25, -0.2) is 4.39 Å². The van der Waals surface area contributed by atoms with Crippen molar-refractivity contribution in [2.24, 2.45) is 0 Å². The zero-order chi connectivity index (χ0) is 16.2. The van der Waals surface area contributed by atoms with E-state index in [9.17, 15) is 9.18 Å². The molecular weight excluding hydrogens is 335 g/mol. The number of carbonyl (C=O) groups is 1. The van der Waals surface area contributed by atoms with Gasteiger partial charge in [-0.1, -0.05) is 41.3 Å². The average Bonchev–Trinajstić information content (AvgIpc) is 3.29. The molecule has 122 valence electrons. The minimum atomic E-state index is -0.263. The zero-order valence-corrected chi connectivity index (χ0v) is 14.3. The molecule has 1 aromatic heterocycles. The van der Waals surface area contributed by atoms with Crippen molar-refractivity contribution in [2.45, 2.75) is 29.8 Å². The molecule has 2 aromatic rings. The smallest absolute Gasteiger partial charge is 0.233 e. The van der Waals surface area contributed by atoms with E-state index >= 15 is 0 Å². The molecule has 5 nitrogen and oxygen atoms in total. The summed E-state index contributed by atoms with van der Waals surface area (Å²) in [6, 6.07) is 6.86. The van der Waals surface area contributed by atoms with Gasteiger partial charge in [-0.05, 0) is 18.9 Å². The molecule has 1 saturated carbocycles. The number of aromatic nitrogens is 2. The monoisotopic (exact) mass is 352 g/mol. The highest BCUT2D eigenvalue weighted by atomic mass is 32.2. The lowest BCUT2D eigenvalue weighted by Gasteiger charge is -2.22. The normalized spacial score (nSPS) is 13.8. The van der Waals surface area contributed by atoms with Crippen molar-refractivity contribution in [3.05, 3.63) is 35.6 Å². The maximum Gasteiger partial charge on any atom is 0.233 e. The van der Waals surface area contributed by atoms with Crippen LogP contribution in [0, 0.1) is 5.82 Å². The van der Waals surface area contributed by atoms with Gasteiger partial charge in [0, 0.05) is 25.2 Å². The van der Waals surface area contributed by atoms with Gasteiger partial charge in [0.15, 0.2) is 4.34 Å². The molecule has 1 aromatic carbocycles. The van der Waals surface area contributed by atoms with E-state index in [2.05, 4.69) is 15.5 Å². The molecular formula is C15H17FN4OS2. The number of rotatable bonds is 7. The van der Waals surface area contributed by atoms with Crippen molar-refractivity contribution in [3.8, 4) is 0 Å². The van der Waals surface area contributed by atoms with Crippen molar-refractivity contribution in [2.75, 3.05) is 18.1 Å². The molecule has 1 aliphatic carbocycles. The van der Waals surface area contributed by atoms with Crippen LogP contribution in [-0.2, 0) is 11.3 Å². The van der Waals surface area contributed by atoms with Crippen LogP contribution in [-0.4, -0.2) is 39.8 Å². The Hall–Kier alpha value is -1.67. The number of anilines is 1. The number of amides is 1. The second-order valence-electron chi connectivity index (χ2n) is 5.26. The van der Waals surface area contributed by atoms with Crippen LogP contribution in [0.4, 0.5) is 9.52 Å². The Morgan fingerprint density at radius 2 is 2.22 bits per heavy atom.